The Hall–Kier alpha value is -0.410. The molecule has 1 aromatic rings. The minimum Gasteiger partial charge on any atom is -0.464 e. The molecule has 1 saturated carbocycles. The summed E-state index contributed by atoms with van der Waals surface area (Å²) in [7, 11) is 0. The Morgan fingerprint density at radius 2 is 2.38 bits per heavy atom. The zero-order valence-corrected chi connectivity index (χ0v) is 10.6. The Labute approximate surface area is 101 Å². The average molecular weight is 237 g/mol. The summed E-state index contributed by atoms with van der Waals surface area (Å²) in [5.41, 5.74) is 0. The number of hydrogen-bond acceptors (Lipinski definition) is 3. The van der Waals surface area contributed by atoms with Crippen LogP contribution >= 0.6 is 11.8 Å². The van der Waals surface area contributed by atoms with Gasteiger partial charge in [0, 0.05) is 17.7 Å². The van der Waals surface area contributed by atoms with Gasteiger partial charge in [0.05, 0.1) is 6.54 Å². The van der Waals surface area contributed by atoms with E-state index in [1.54, 1.807) is 0 Å². The lowest BCUT2D eigenvalue weighted by Gasteiger charge is -2.08. The third-order valence-corrected chi connectivity index (χ3v) is 4.81. The molecule has 3 atom stereocenters. The van der Waals surface area contributed by atoms with Crippen LogP contribution in [0.4, 0.5) is 0 Å². The molecule has 16 heavy (non-hydrogen) atoms. The molecule has 88 valence electrons. The molecule has 1 aromatic heterocycles. The van der Waals surface area contributed by atoms with E-state index < -0.39 is 0 Å². The molecular weight excluding hydrogens is 218 g/mol. The minimum atomic E-state index is 0.693. The monoisotopic (exact) mass is 237 g/mol. The van der Waals surface area contributed by atoms with Crippen molar-refractivity contribution < 1.29 is 4.42 Å². The molecule has 0 aromatic carbocycles. The van der Waals surface area contributed by atoms with Gasteiger partial charge in [0.15, 0.2) is 0 Å². The number of thioether (sulfide) groups is 1. The second-order valence-electron chi connectivity index (χ2n) is 5.06. The number of hydrogen-bond donors (Lipinski definition) is 1. The van der Waals surface area contributed by atoms with Gasteiger partial charge in [0.25, 0.3) is 0 Å². The Morgan fingerprint density at radius 1 is 1.50 bits per heavy atom. The van der Waals surface area contributed by atoms with E-state index in [2.05, 4.69) is 24.4 Å². The maximum atomic E-state index is 5.87. The van der Waals surface area contributed by atoms with E-state index in [1.807, 2.05) is 11.8 Å². The van der Waals surface area contributed by atoms with Crippen LogP contribution in [-0.2, 0) is 6.54 Å². The minimum absolute atomic E-state index is 0.693. The zero-order valence-electron chi connectivity index (χ0n) is 9.74. The quantitative estimate of drug-likeness (QED) is 0.871. The van der Waals surface area contributed by atoms with E-state index in [0.717, 1.165) is 18.2 Å². The van der Waals surface area contributed by atoms with Gasteiger partial charge < -0.3 is 9.73 Å². The van der Waals surface area contributed by atoms with Gasteiger partial charge in [-0.1, -0.05) is 6.92 Å². The first-order chi connectivity index (χ1) is 7.83. The largest absolute Gasteiger partial charge is 0.464 e. The predicted octanol–water partition coefficient (Wildman–Crippen LogP) is 3.00. The van der Waals surface area contributed by atoms with Crippen molar-refractivity contribution in [1.29, 1.82) is 0 Å². The molecule has 1 saturated heterocycles. The van der Waals surface area contributed by atoms with Crippen LogP contribution < -0.4 is 5.32 Å². The molecule has 3 unspecified atom stereocenters. The molecule has 2 aliphatic rings. The third-order valence-electron chi connectivity index (χ3n) is 3.65. The van der Waals surface area contributed by atoms with E-state index in [4.69, 9.17) is 4.42 Å². The summed E-state index contributed by atoms with van der Waals surface area (Å²) in [6.07, 6.45) is 2.61. The molecule has 3 heteroatoms. The first-order valence-corrected chi connectivity index (χ1v) is 7.38. The maximum Gasteiger partial charge on any atom is 0.117 e. The summed E-state index contributed by atoms with van der Waals surface area (Å²) in [4.78, 5) is 0. The van der Waals surface area contributed by atoms with E-state index in [1.165, 1.54) is 30.1 Å². The van der Waals surface area contributed by atoms with Gasteiger partial charge in [-0.25, -0.2) is 0 Å². The summed E-state index contributed by atoms with van der Waals surface area (Å²) in [6.45, 7) is 3.19. The fourth-order valence-electron chi connectivity index (χ4n) is 2.35. The highest BCUT2D eigenvalue weighted by atomic mass is 32.2. The summed E-state index contributed by atoms with van der Waals surface area (Å²) in [6, 6.07) is 4.99. The smallest absolute Gasteiger partial charge is 0.117 e. The van der Waals surface area contributed by atoms with Gasteiger partial charge in [-0.05, 0) is 36.6 Å². The molecule has 0 radical (unpaired) electrons. The molecule has 1 N–H and O–H groups in total. The van der Waals surface area contributed by atoms with E-state index in [-0.39, 0.29) is 0 Å². The van der Waals surface area contributed by atoms with Crippen molar-refractivity contribution >= 4 is 11.8 Å². The molecule has 1 aliphatic carbocycles. The molecular formula is C13H19NOS. The average Bonchev–Trinajstić information content (AvgIpc) is 2.80. The van der Waals surface area contributed by atoms with Crippen LogP contribution in [-0.4, -0.2) is 17.5 Å². The highest BCUT2D eigenvalue weighted by molar-refractivity contribution is 7.99. The molecule has 2 fully saturated rings. The standard InChI is InChI=1S/C13H19NOS/c1-9-6-12(9)13-3-2-11(15-13)7-14-10-4-5-16-8-10/h2-3,9-10,12,14H,4-8H2,1H3. The maximum absolute atomic E-state index is 5.87. The molecule has 0 amide bonds. The lowest BCUT2D eigenvalue weighted by molar-refractivity contribution is 0.429. The zero-order chi connectivity index (χ0) is 11.0. The van der Waals surface area contributed by atoms with Crippen molar-refractivity contribution in [3.63, 3.8) is 0 Å². The first-order valence-electron chi connectivity index (χ1n) is 6.22. The van der Waals surface area contributed by atoms with Gasteiger partial charge in [-0.15, -0.1) is 0 Å². The van der Waals surface area contributed by atoms with E-state index >= 15 is 0 Å². The summed E-state index contributed by atoms with van der Waals surface area (Å²) in [5.74, 6) is 6.40. The number of furan rings is 1. The topological polar surface area (TPSA) is 25.2 Å². The van der Waals surface area contributed by atoms with E-state index in [0.29, 0.717) is 12.0 Å². The molecule has 3 rings (SSSR count). The molecule has 2 heterocycles. The van der Waals surface area contributed by atoms with Crippen molar-refractivity contribution in [3.8, 4) is 0 Å². The summed E-state index contributed by atoms with van der Waals surface area (Å²) in [5, 5.41) is 3.57. The van der Waals surface area contributed by atoms with Crippen molar-refractivity contribution in [2.24, 2.45) is 5.92 Å². The van der Waals surface area contributed by atoms with Gasteiger partial charge in [-0.2, -0.15) is 11.8 Å². The first kappa shape index (κ1) is 10.7. The molecule has 2 nitrogen and oxygen atoms in total. The molecule has 0 bridgehead atoms. The van der Waals surface area contributed by atoms with Gasteiger partial charge in [0.1, 0.15) is 11.5 Å². The van der Waals surface area contributed by atoms with Crippen LogP contribution in [0.3, 0.4) is 0 Å². The van der Waals surface area contributed by atoms with Crippen molar-refractivity contribution in [2.45, 2.75) is 38.3 Å². The molecule has 1 aliphatic heterocycles. The lowest BCUT2D eigenvalue weighted by atomic mass is 10.2. The highest BCUT2D eigenvalue weighted by Gasteiger charge is 2.36. The number of rotatable bonds is 4. The predicted molar refractivity (Wildman–Crippen MR) is 67.8 cm³/mol. The Morgan fingerprint density at radius 3 is 3.06 bits per heavy atom. The SMILES string of the molecule is CC1CC1c1ccc(CNC2CCSC2)o1. The van der Waals surface area contributed by atoms with Crippen molar-refractivity contribution in [2.75, 3.05) is 11.5 Å². The normalized spacial score (nSPS) is 33.2. The van der Waals surface area contributed by atoms with Gasteiger partial charge in [0.2, 0.25) is 0 Å². The van der Waals surface area contributed by atoms with Crippen molar-refractivity contribution in [3.05, 3.63) is 23.7 Å². The van der Waals surface area contributed by atoms with Crippen LogP contribution in [0.5, 0.6) is 0 Å². The van der Waals surface area contributed by atoms with Crippen LogP contribution in [0.1, 0.15) is 37.2 Å². The fraction of sp³-hybridized carbons (Fsp3) is 0.692. The summed E-state index contributed by atoms with van der Waals surface area (Å²) < 4.78 is 5.87. The van der Waals surface area contributed by atoms with E-state index in [9.17, 15) is 0 Å². The highest BCUT2D eigenvalue weighted by Crippen LogP contribution is 2.47. The second-order valence-corrected chi connectivity index (χ2v) is 6.21. The number of nitrogens with one attached hydrogen (secondary N) is 1. The van der Waals surface area contributed by atoms with Crippen molar-refractivity contribution in [1.82, 2.24) is 5.32 Å². The van der Waals surface area contributed by atoms with Crippen LogP contribution in [0.2, 0.25) is 0 Å². The Bertz CT molecular complexity index is 357. The van der Waals surface area contributed by atoms with Crippen LogP contribution in [0.15, 0.2) is 16.5 Å². The second kappa shape index (κ2) is 4.46. The third kappa shape index (κ3) is 2.30. The van der Waals surface area contributed by atoms with Crippen LogP contribution in [0.25, 0.3) is 0 Å². The summed E-state index contributed by atoms with van der Waals surface area (Å²) >= 11 is 2.04. The van der Waals surface area contributed by atoms with Crippen LogP contribution in [0, 0.1) is 5.92 Å². The lowest BCUT2D eigenvalue weighted by Crippen LogP contribution is -2.27. The van der Waals surface area contributed by atoms with Gasteiger partial charge in [-0.3, -0.25) is 0 Å². The Kier molecular flexibility index (Phi) is 2.99. The fourth-order valence-corrected chi connectivity index (χ4v) is 3.53. The Balaban J connectivity index is 1.52. The van der Waals surface area contributed by atoms with Gasteiger partial charge >= 0.3 is 0 Å². The molecule has 0 spiro atoms.